The molecule has 0 aliphatic carbocycles. The molecule has 12 heavy (non-hydrogen) atoms. The lowest BCUT2D eigenvalue weighted by Crippen LogP contribution is -2.34. The lowest BCUT2D eigenvalue weighted by molar-refractivity contribution is -0.698. The Kier molecular flexibility index (Phi) is 4.30. The third-order valence-corrected chi connectivity index (χ3v) is 2.79. The highest BCUT2D eigenvalue weighted by atomic mass is 79.9. The van der Waals surface area contributed by atoms with E-state index in [9.17, 15) is 0 Å². The summed E-state index contributed by atoms with van der Waals surface area (Å²) in [7, 11) is 0. The molecule has 0 N–H and O–H groups in total. The smallest absolute Gasteiger partial charge is 0.192 e. The van der Waals surface area contributed by atoms with Gasteiger partial charge >= 0.3 is 0 Å². The van der Waals surface area contributed by atoms with Gasteiger partial charge in [0.15, 0.2) is 12.4 Å². The lowest BCUT2D eigenvalue weighted by atomic mass is 10.2. The number of rotatable bonds is 4. The van der Waals surface area contributed by atoms with Crippen molar-refractivity contribution in [1.82, 2.24) is 0 Å². The van der Waals surface area contributed by atoms with Gasteiger partial charge in [-0.15, -0.1) is 0 Å². The zero-order valence-electron chi connectivity index (χ0n) is 7.41. The van der Waals surface area contributed by atoms with Crippen molar-refractivity contribution in [1.29, 1.82) is 0 Å². The molecule has 0 radical (unpaired) electrons. The summed E-state index contributed by atoms with van der Waals surface area (Å²) in [4.78, 5) is 0.457. The van der Waals surface area contributed by atoms with Crippen molar-refractivity contribution in [3.05, 3.63) is 30.6 Å². The standard InChI is InChI=1S/C10H15BrN/c1-2-3-7-10(11)12-8-5-4-6-9-12/h4-6,8-10H,2-3,7H2,1H3/q+1/t10-/m0/s1. The lowest BCUT2D eigenvalue weighted by Gasteiger charge is -2.02. The van der Waals surface area contributed by atoms with Gasteiger partial charge in [-0.1, -0.05) is 19.4 Å². The maximum absolute atomic E-state index is 3.65. The molecule has 1 aromatic rings. The number of unbranched alkanes of at least 4 members (excludes halogenated alkanes) is 1. The number of aromatic nitrogens is 1. The monoisotopic (exact) mass is 228 g/mol. The molecule has 0 aromatic carbocycles. The molecule has 1 heterocycles. The third-order valence-electron chi connectivity index (χ3n) is 1.86. The van der Waals surface area contributed by atoms with Gasteiger partial charge in [0.1, 0.15) is 0 Å². The van der Waals surface area contributed by atoms with Crippen molar-refractivity contribution in [2.24, 2.45) is 0 Å². The molecule has 0 unspecified atom stereocenters. The fourth-order valence-corrected chi connectivity index (χ4v) is 1.72. The van der Waals surface area contributed by atoms with Gasteiger partial charge in [-0.3, -0.25) is 0 Å². The van der Waals surface area contributed by atoms with Gasteiger partial charge < -0.3 is 0 Å². The maximum atomic E-state index is 3.65. The second kappa shape index (κ2) is 5.31. The summed E-state index contributed by atoms with van der Waals surface area (Å²) in [5, 5.41) is 0. The summed E-state index contributed by atoms with van der Waals surface area (Å²) in [6.07, 6.45) is 7.92. The SMILES string of the molecule is CCCC[C@@H](Br)[n+]1ccccc1. The van der Waals surface area contributed by atoms with E-state index in [2.05, 4.69) is 51.9 Å². The average molecular weight is 229 g/mol. The fraction of sp³-hybridized carbons (Fsp3) is 0.500. The number of halogens is 1. The van der Waals surface area contributed by atoms with E-state index < -0.39 is 0 Å². The summed E-state index contributed by atoms with van der Waals surface area (Å²) in [6, 6.07) is 6.15. The first-order valence-corrected chi connectivity index (χ1v) is 5.36. The van der Waals surface area contributed by atoms with Crippen LogP contribution in [0.1, 0.15) is 31.1 Å². The molecule has 1 aromatic heterocycles. The zero-order chi connectivity index (χ0) is 8.81. The van der Waals surface area contributed by atoms with Crippen LogP contribution in [0.4, 0.5) is 0 Å². The van der Waals surface area contributed by atoms with E-state index in [4.69, 9.17) is 0 Å². The Balaban J connectivity index is 2.48. The third kappa shape index (κ3) is 2.94. The topological polar surface area (TPSA) is 3.88 Å². The first kappa shape index (κ1) is 9.72. The summed E-state index contributed by atoms with van der Waals surface area (Å²) in [5.41, 5.74) is 0. The van der Waals surface area contributed by atoms with Crippen LogP contribution in [0.5, 0.6) is 0 Å². The molecule has 1 rings (SSSR count). The number of nitrogens with zero attached hydrogens (tertiary/aromatic N) is 1. The molecular weight excluding hydrogens is 214 g/mol. The van der Waals surface area contributed by atoms with Crippen molar-refractivity contribution >= 4 is 15.9 Å². The number of alkyl halides is 1. The number of hydrogen-bond acceptors (Lipinski definition) is 0. The van der Waals surface area contributed by atoms with Crippen LogP contribution in [0.15, 0.2) is 30.6 Å². The van der Waals surface area contributed by atoms with Crippen LogP contribution in [0.25, 0.3) is 0 Å². The highest BCUT2D eigenvalue weighted by Gasteiger charge is 2.11. The van der Waals surface area contributed by atoms with Gasteiger partial charge in [0.25, 0.3) is 0 Å². The summed E-state index contributed by atoms with van der Waals surface area (Å²) >= 11 is 3.65. The van der Waals surface area contributed by atoms with E-state index in [0.717, 1.165) is 0 Å². The molecule has 0 aliphatic heterocycles. The van der Waals surface area contributed by atoms with Gasteiger partial charge in [0.05, 0.1) is 0 Å². The molecular formula is C10H15BrN+. The van der Waals surface area contributed by atoms with Crippen LogP contribution in [0.2, 0.25) is 0 Å². The summed E-state index contributed by atoms with van der Waals surface area (Å²) in [5.74, 6) is 0. The molecule has 1 atom stereocenters. The number of hydrogen-bond donors (Lipinski definition) is 0. The largest absolute Gasteiger partial charge is 0.211 e. The van der Waals surface area contributed by atoms with Gasteiger partial charge in [-0.25, -0.2) is 0 Å². The van der Waals surface area contributed by atoms with E-state index in [-0.39, 0.29) is 0 Å². The van der Waals surface area contributed by atoms with Crippen molar-refractivity contribution in [2.75, 3.05) is 0 Å². The Labute approximate surface area is 82.6 Å². The second-order valence-corrected chi connectivity index (χ2v) is 3.96. The Bertz CT molecular complexity index is 210. The first-order chi connectivity index (χ1) is 5.84. The average Bonchev–Trinajstić information content (AvgIpc) is 2.15. The van der Waals surface area contributed by atoms with Crippen LogP contribution < -0.4 is 4.57 Å². The fourth-order valence-electron chi connectivity index (χ4n) is 1.12. The molecule has 0 fully saturated rings. The Morgan fingerprint density at radius 2 is 1.92 bits per heavy atom. The van der Waals surface area contributed by atoms with Crippen molar-refractivity contribution in [3.63, 3.8) is 0 Å². The van der Waals surface area contributed by atoms with Gasteiger partial charge in [0.2, 0.25) is 4.95 Å². The molecule has 0 spiro atoms. The predicted octanol–water partition coefficient (Wildman–Crippen LogP) is 3.06. The van der Waals surface area contributed by atoms with E-state index >= 15 is 0 Å². The number of pyridine rings is 1. The van der Waals surface area contributed by atoms with Gasteiger partial charge in [0, 0.05) is 18.6 Å². The molecule has 1 nitrogen and oxygen atoms in total. The molecule has 0 amide bonds. The summed E-state index contributed by atoms with van der Waals surface area (Å²) < 4.78 is 2.19. The van der Waals surface area contributed by atoms with Crippen molar-refractivity contribution in [3.8, 4) is 0 Å². The quantitative estimate of drug-likeness (QED) is 0.551. The minimum atomic E-state index is 0.457. The van der Waals surface area contributed by atoms with E-state index in [1.54, 1.807) is 0 Å². The van der Waals surface area contributed by atoms with Gasteiger partial charge in [-0.05, 0) is 22.4 Å². The Morgan fingerprint density at radius 1 is 1.25 bits per heavy atom. The first-order valence-electron chi connectivity index (χ1n) is 4.44. The minimum absolute atomic E-state index is 0.457. The van der Waals surface area contributed by atoms with Crippen molar-refractivity contribution in [2.45, 2.75) is 31.1 Å². The van der Waals surface area contributed by atoms with Crippen molar-refractivity contribution < 1.29 is 4.57 Å². The van der Waals surface area contributed by atoms with Crippen LogP contribution in [-0.2, 0) is 0 Å². The van der Waals surface area contributed by atoms with Gasteiger partial charge in [-0.2, -0.15) is 4.57 Å². The maximum Gasteiger partial charge on any atom is 0.211 e. The minimum Gasteiger partial charge on any atom is -0.192 e. The zero-order valence-corrected chi connectivity index (χ0v) is 9.00. The highest BCUT2D eigenvalue weighted by Crippen LogP contribution is 2.14. The normalized spacial score (nSPS) is 12.8. The van der Waals surface area contributed by atoms with E-state index in [1.165, 1.54) is 19.3 Å². The second-order valence-electron chi connectivity index (χ2n) is 2.90. The van der Waals surface area contributed by atoms with Crippen LogP contribution >= 0.6 is 15.9 Å². The molecule has 0 aliphatic rings. The van der Waals surface area contributed by atoms with Crippen LogP contribution in [0.3, 0.4) is 0 Å². The summed E-state index contributed by atoms with van der Waals surface area (Å²) in [6.45, 7) is 2.22. The van der Waals surface area contributed by atoms with Crippen LogP contribution in [-0.4, -0.2) is 0 Å². The molecule has 0 saturated heterocycles. The molecule has 66 valence electrons. The van der Waals surface area contributed by atoms with E-state index in [0.29, 0.717) is 4.95 Å². The Hall–Kier alpha value is -0.370. The molecule has 0 bridgehead atoms. The Morgan fingerprint density at radius 3 is 2.50 bits per heavy atom. The molecule has 2 heteroatoms. The highest BCUT2D eigenvalue weighted by molar-refractivity contribution is 9.09. The molecule has 0 saturated carbocycles. The predicted molar refractivity (Wildman–Crippen MR) is 54.1 cm³/mol. The van der Waals surface area contributed by atoms with Crippen LogP contribution in [0, 0.1) is 0 Å². The van der Waals surface area contributed by atoms with E-state index in [1.807, 2.05) is 6.07 Å².